The number of hydrogen-bond donors (Lipinski definition) is 15. The van der Waals surface area contributed by atoms with Crippen LogP contribution in [0, 0.1) is 35.5 Å². The molecular formula is C63H107N13O12. The minimum atomic E-state index is -1.20. The van der Waals surface area contributed by atoms with Crippen LogP contribution in [0.4, 0.5) is 0 Å². The summed E-state index contributed by atoms with van der Waals surface area (Å²) in [4.78, 5) is 139. The van der Waals surface area contributed by atoms with Crippen LogP contribution < -0.4 is 70.8 Å². The molecule has 25 heteroatoms. The Morgan fingerprint density at radius 3 is 1.06 bits per heavy atom. The number of carbonyl (C=O) groups is 10. The van der Waals surface area contributed by atoms with E-state index in [0.29, 0.717) is 122 Å². The number of hydrogen-bond acceptors (Lipinski definition) is 15. The maximum Gasteiger partial charge on any atom is 0.326 e. The molecule has 496 valence electrons. The number of carboxylic acids is 1. The molecule has 0 aromatic heterocycles. The summed E-state index contributed by atoms with van der Waals surface area (Å²) in [6.45, 7) is 11.6. The number of phenolic OH excluding ortho intramolecular Hbond substituents is 1. The average molecular weight is 1240 g/mol. The SMILES string of the molecule is CC(C)[C@H](NC(=O)C1CCCCC1NC(=O)[C@H](CCCCN)NC(=O)[C@@H](NC(=O)C1CCCCC1NC(=O)[C@H](CCCCN)NC(=O)[C@@H](NC(=O)C1CCCCC1NC(=O)[C@@H](N)Cc1ccc(O)cc1)C(C)C)C(C)C)C(=O)N[C@@H](CCCCN)C(=O)O. The van der Waals surface area contributed by atoms with Crippen LogP contribution in [0.5, 0.6) is 5.75 Å². The molecule has 0 bridgehead atoms. The highest BCUT2D eigenvalue weighted by Crippen LogP contribution is 2.29. The molecule has 0 saturated heterocycles. The van der Waals surface area contributed by atoms with Crippen LogP contribution in [-0.2, 0) is 54.4 Å². The van der Waals surface area contributed by atoms with Crippen molar-refractivity contribution in [3.05, 3.63) is 29.8 Å². The van der Waals surface area contributed by atoms with E-state index in [1.165, 1.54) is 12.1 Å². The van der Waals surface area contributed by atoms with Gasteiger partial charge in [0, 0.05) is 18.1 Å². The van der Waals surface area contributed by atoms with Crippen LogP contribution in [0.3, 0.4) is 0 Å². The second kappa shape index (κ2) is 38.2. The molecule has 9 amide bonds. The molecule has 88 heavy (non-hydrogen) atoms. The lowest BCUT2D eigenvalue weighted by molar-refractivity contribution is -0.143. The van der Waals surface area contributed by atoms with E-state index in [9.17, 15) is 58.2 Å². The van der Waals surface area contributed by atoms with Crippen molar-refractivity contribution in [1.82, 2.24) is 47.9 Å². The van der Waals surface area contributed by atoms with E-state index < -0.39 is 155 Å². The number of nitrogens with one attached hydrogen (secondary N) is 9. The van der Waals surface area contributed by atoms with E-state index in [2.05, 4.69) is 47.9 Å². The quantitative estimate of drug-likeness (QED) is 0.0425. The fourth-order valence-corrected chi connectivity index (χ4v) is 12.1. The molecule has 1 aromatic carbocycles. The van der Waals surface area contributed by atoms with Crippen molar-refractivity contribution in [2.24, 2.45) is 58.4 Å². The molecule has 13 atom stereocenters. The lowest BCUT2D eigenvalue weighted by Gasteiger charge is -2.35. The molecule has 3 aliphatic carbocycles. The zero-order valence-corrected chi connectivity index (χ0v) is 53.0. The predicted octanol–water partition coefficient (Wildman–Crippen LogP) is 1.64. The number of benzene rings is 1. The van der Waals surface area contributed by atoms with Crippen LogP contribution in [0.15, 0.2) is 24.3 Å². The molecule has 25 nitrogen and oxygen atoms in total. The molecule has 6 unspecified atom stereocenters. The summed E-state index contributed by atoms with van der Waals surface area (Å²) in [7, 11) is 0. The van der Waals surface area contributed by atoms with Crippen LogP contribution >= 0.6 is 0 Å². The van der Waals surface area contributed by atoms with Gasteiger partial charge in [-0.25, -0.2) is 4.79 Å². The molecule has 1 aromatic rings. The van der Waals surface area contributed by atoms with Crippen molar-refractivity contribution in [2.45, 2.75) is 243 Å². The van der Waals surface area contributed by atoms with E-state index in [4.69, 9.17) is 22.9 Å². The van der Waals surface area contributed by atoms with Gasteiger partial charge in [0.05, 0.1) is 23.8 Å². The van der Waals surface area contributed by atoms with Crippen molar-refractivity contribution in [3.63, 3.8) is 0 Å². The number of nitrogens with two attached hydrogens (primary N) is 4. The molecule has 3 saturated carbocycles. The standard InChI is InChI=1S/C63H107N13O12/c1-36(2)51(74-54(78)41-19-7-10-22-45(41)68-57(81)44(67)35-39-28-30-40(77)31-29-39)60(84)71-48(25-13-16-32-64)58(82)69-46-23-11-8-20-42(46)55(79)75-52(37(3)4)61(85)72-49(26-14-17-33-65)59(83)70-47-24-12-9-21-43(47)56(80)76-53(38(5)6)62(86)73-50(63(87)88)27-15-18-34-66/h28-31,36-38,41-53,77H,7-27,32-35,64-67H2,1-6H3,(H,68,81)(H,69,82)(H,70,83)(H,71,84)(H,72,85)(H,73,86)(H,74,78)(H,75,79)(H,76,80)(H,87,88)/t41?,42?,43?,44-,45?,46?,47?,48-,49-,50-,51-,52-,53-/m0/s1. The smallest absolute Gasteiger partial charge is 0.326 e. The van der Waals surface area contributed by atoms with Crippen molar-refractivity contribution >= 4 is 59.1 Å². The van der Waals surface area contributed by atoms with Crippen LogP contribution in [0.2, 0.25) is 0 Å². The highest BCUT2D eigenvalue weighted by atomic mass is 16.4. The third-order valence-electron chi connectivity index (χ3n) is 17.5. The lowest BCUT2D eigenvalue weighted by atomic mass is 9.83. The first-order valence-corrected chi connectivity index (χ1v) is 32.5. The zero-order valence-electron chi connectivity index (χ0n) is 53.0. The van der Waals surface area contributed by atoms with Crippen LogP contribution in [0.1, 0.15) is 182 Å². The minimum absolute atomic E-state index is 0.0919. The number of carboxylic acid groups (broad SMARTS) is 1. The van der Waals surface area contributed by atoms with Crippen molar-refractivity contribution < 1.29 is 58.2 Å². The fourth-order valence-electron chi connectivity index (χ4n) is 12.1. The Bertz CT molecular complexity index is 2430. The number of aromatic hydroxyl groups is 1. The first kappa shape index (κ1) is 74.0. The van der Waals surface area contributed by atoms with Gasteiger partial charge in [-0.05, 0) is 158 Å². The molecule has 3 fully saturated rings. The van der Waals surface area contributed by atoms with Gasteiger partial charge >= 0.3 is 5.97 Å². The molecule has 0 heterocycles. The number of carbonyl (C=O) groups excluding carboxylic acids is 9. The van der Waals surface area contributed by atoms with E-state index in [1.54, 1.807) is 53.7 Å². The maximum atomic E-state index is 14.5. The molecule has 4 rings (SSSR count). The van der Waals surface area contributed by atoms with Gasteiger partial charge < -0.3 is 81.0 Å². The van der Waals surface area contributed by atoms with E-state index in [1.807, 2.05) is 0 Å². The number of unbranched alkanes of at least 4 members (excludes halogenated alkanes) is 3. The summed E-state index contributed by atoms with van der Waals surface area (Å²) in [5, 5.41) is 45.6. The molecule has 3 aliphatic rings. The second-order valence-electron chi connectivity index (χ2n) is 25.6. The maximum absolute atomic E-state index is 14.5. The number of phenols is 1. The van der Waals surface area contributed by atoms with Gasteiger partial charge in [0.1, 0.15) is 42.0 Å². The van der Waals surface area contributed by atoms with E-state index in [-0.39, 0.29) is 31.4 Å². The first-order chi connectivity index (χ1) is 41.9. The van der Waals surface area contributed by atoms with E-state index in [0.717, 1.165) is 18.4 Å². The topological polar surface area (TPSA) is 424 Å². The van der Waals surface area contributed by atoms with Crippen molar-refractivity contribution in [3.8, 4) is 5.75 Å². The van der Waals surface area contributed by atoms with Gasteiger partial charge in [-0.15, -0.1) is 0 Å². The third-order valence-corrected chi connectivity index (χ3v) is 17.5. The van der Waals surface area contributed by atoms with Gasteiger partial charge in [0.15, 0.2) is 0 Å². The largest absolute Gasteiger partial charge is 0.508 e. The van der Waals surface area contributed by atoms with Crippen LogP contribution in [0.25, 0.3) is 0 Å². The number of rotatable bonds is 36. The summed E-state index contributed by atoms with van der Waals surface area (Å²) in [5.74, 6) is -9.16. The molecular weight excluding hydrogens is 1130 g/mol. The monoisotopic (exact) mass is 1240 g/mol. The Hall–Kier alpha value is -6.44. The Morgan fingerprint density at radius 1 is 0.432 bits per heavy atom. The Kier molecular flexibility index (Phi) is 32.1. The molecule has 0 radical (unpaired) electrons. The summed E-state index contributed by atoms with van der Waals surface area (Å²) < 4.78 is 0. The van der Waals surface area contributed by atoms with Crippen molar-refractivity contribution in [2.75, 3.05) is 19.6 Å². The fraction of sp³-hybridized carbons (Fsp3) is 0.746. The Morgan fingerprint density at radius 2 is 0.739 bits per heavy atom. The van der Waals surface area contributed by atoms with Gasteiger partial charge in [0.25, 0.3) is 0 Å². The van der Waals surface area contributed by atoms with Crippen molar-refractivity contribution in [1.29, 1.82) is 0 Å². The average Bonchev–Trinajstić information content (AvgIpc) is 3.34. The summed E-state index contributed by atoms with van der Waals surface area (Å²) in [5.41, 5.74) is 24.3. The normalized spacial score (nSPS) is 21.9. The summed E-state index contributed by atoms with van der Waals surface area (Å²) >= 11 is 0. The third kappa shape index (κ3) is 23.8. The zero-order chi connectivity index (χ0) is 65.0. The molecule has 0 spiro atoms. The Balaban J connectivity index is 1.44. The highest BCUT2D eigenvalue weighted by molar-refractivity contribution is 5.96. The van der Waals surface area contributed by atoms with Gasteiger partial charge in [-0.2, -0.15) is 0 Å². The lowest BCUT2D eigenvalue weighted by Crippen LogP contribution is -2.60. The Labute approximate surface area is 520 Å². The highest BCUT2D eigenvalue weighted by Gasteiger charge is 2.41. The van der Waals surface area contributed by atoms with Gasteiger partial charge in [-0.3, -0.25) is 43.2 Å². The molecule has 0 aliphatic heterocycles. The summed E-state index contributed by atoms with van der Waals surface area (Å²) in [6, 6.07) is -2.88. The number of aliphatic carboxylic acids is 1. The van der Waals surface area contributed by atoms with Gasteiger partial charge in [0.2, 0.25) is 53.2 Å². The second-order valence-corrected chi connectivity index (χ2v) is 25.6. The van der Waals surface area contributed by atoms with Crippen LogP contribution in [-0.4, -0.2) is 149 Å². The summed E-state index contributed by atoms with van der Waals surface area (Å²) in [6.07, 6.45) is 10.9. The predicted molar refractivity (Wildman–Crippen MR) is 334 cm³/mol. The number of amides is 9. The first-order valence-electron chi connectivity index (χ1n) is 32.5. The van der Waals surface area contributed by atoms with Gasteiger partial charge in [-0.1, -0.05) is 92.2 Å². The molecule has 19 N–H and O–H groups in total. The minimum Gasteiger partial charge on any atom is -0.508 e. The van der Waals surface area contributed by atoms with E-state index >= 15 is 0 Å².